The van der Waals surface area contributed by atoms with Gasteiger partial charge in [0, 0.05) is 6.04 Å². The lowest BCUT2D eigenvalue weighted by Crippen LogP contribution is -2.43. The van der Waals surface area contributed by atoms with Crippen LogP contribution >= 0.6 is 0 Å². The van der Waals surface area contributed by atoms with Crippen LogP contribution in [-0.2, 0) is 14.8 Å². The minimum atomic E-state index is -3.52. The number of benzene rings is 1. The second-order valence-electron chi connectivity index (χ2n) is 6.27. The summed E-state index contributed by atoms with van der Waals surface area (Å²) in [4.78, 5) is 12.1. The Morgan fingerprint density at radius 3 is 2.17 bits per heavy atom. The van der Waals surface area contributed by atoms with Crippen molar-refractivity contribution in [1.29, 1.82) is 0 Å². The van der Waals surface area contributed by atoms with Gasteiger partial charge in [-0.3, -0.25) is 9.10 Å². The van der Waals surface area contributed by atoms with Gasteiger partial charge >= 0.3 is 0 Å². The molecule has 1 unspecified atom stereocenters. The molecule has 0 heterocycles. The molecular formula is C17H28N2O3S. The summed E-state index contributed by atoms with van der Waals surface area (Å²) >= 11 is 0. The van der Waals surface area contributed by atoms with Crippen molar-refractivity contribution in [2.24, 2.45) is 0 Å². The number of carbonyl (C=O) groups is 1. The number of hydrogen-bond acceptors (Lipinski definition) is 3. The van der Waals surface area contributed by atoms with E-state index in [4.69, 9.17) is 0 Å². The smallest absolute Gasteiger partial charge is 0.240 e. The van der Waals surface area contributed by atoms with E-state index in [9.17, 15) is 13.2 Å². The maximum atomic E-state index is 12.1. The molecule has 0 saturated heterocycles. The zero-order chi connectivity index (χ0) is 17.6. The molecule has 1 rings (SSSR count). The average molecular weight is 340 g/mol. The van der Waals surface area contributed by atoms with E-state index in [0.717, 1.165) is 29.0 Å². The van der Waals surface area contributed by atoms with Gasteiger partial charge in [-0.15, -0.1) is 0 Å². The third-order valence-corrected chi connectivity index (χ3v) is 4.80. The molecule has 130 valence electrons. The number of rotatable bonds is 8. The summed E-state index contributed by atoms with van der Waals surface area (Å²) in [6.45, 7) is 7.91. The summed E-state index contributed by atoms with van der Waals surface area (Å²) in [6.07, 6.45) is 2.95. The summed E-state index contributed by atoms with van der Waals surface area (Å²) in [5, 5.41) is 2.84. The largest absolute Gasteiger partial charge is 0.352 e. The van der Waals surface area contributed by atoms with Crippen LogP contribution in [0.25, 0.3) is 0 Å². The molecule has 1 atom stereocenters. The quantitative estimate of drug-likeness (QED) is 0.791. The lowest BCUT2D eigenvalue weighted by Gasteiger charge is -2.23. The maximum Gasteiger partial charge on any atom is 0.240 e. The number of nitrogens with one attached hydrogen (secondary N) is 1. The van der Waals surface area contributed by atoms with E-state index in [2.05, 4.69) is 19.2 Å². The Hall–Kier alpha value is -1.56. The molecule has 1 N–H and O–H groups in total. The molecular weight excluding hydrogens is 312 g/mol. The third-order valence-electron chi connectivity index (χ3n) is 3.66. The van der Waals surface area contributed by atoms with Crippen molar-refractivity contribution in [3.05, 3.63) is 29.8 Å². The van der Waals surface area contributed by atoms with Crippen LogP contribution in [0.1, 0.15) is 52.0 Å². The van der Waals surface area contributed by atoms with Gasteiger partial charge in [-0.1, -0.05) is 39.3 Å². The van der Waals surface area contributed by atoms with Crippen molar-refractivity contribution in [2.75, 3.05) is 17.1 Å². The molecule has 1 aromatic carbocycles. The first-order valence-corrected chi connectivity index (χ1v) is 9.87. The monoisotopic (exact) mass is 340 g/mol. The molecule has 5 nitrogen and oxygen atoms in total. The fraction of sp³-hybridized carbons (Fsp3) is 0.588. The molecule has 0 saturated carbocycles. The number of anilines is 1. The molecule has 6 heteroatoms. The summed E-state index contributed by atoms with van der Waals surface area (Å²) in [5.41, 5.74) is 1.64. The molecule has 0 radical (unpaired) electrons. The topological polar surface area (TPSA) is 66.5 Å². The van der Waals surface area contributed by atoms with Gasteiger partial charge in [0.1, 0.15) is 6.54 Å². The molecule has 0 aliphatic carbocycles. The predicted octanol–water partition coefficient (Wildman–Crippen LogP) is 2.88. The van der Waals surface area contributed by atoms with Crippen LogP contribution in [0.4, 0.5) is 5.69 Å². The molecule has 1 amide bonds. The van der Waals surface area contributed by atoms with E-state index in [1.54, 1.807) is 12.1 Å². The lowest BCUT2D eigenvalue weighted by molar-refractivity contribution is -0.120. The van der Waals surface area contributed by atoms with Crippen LogP contribution in [0.5, 0.6) is 0 Å². The van der Waals surface area contributed by atoms with Crippen molar-refractivity contribution in [2.45, 2.75) is 52.5 Å². The van der Waals surface area contributed by atoms with Gasteiger partial charge in [-0.2, -0.15) is 0 Å². The highest BCUT2D eigenvalue weighted by molar-refractivity contribution is 7.92. The van der Waals surface area contributed by atoms with Crippen LogP contribution < -0.4 is 9.62 Å². The highest BCUT2D eigenvalue weighted by atomic mass is 32.2. The van der Waals surface area contributed by atoms with E-state index < -0.39 is 10.0 Å². The summed E-state index contributed by atoms with van der Waals surface area (Å²) in [7, 11) is -3.52. The molecule has 23 heavy (non-hydrogen) atoms. The normalized spacial score (nSPS) is 13.0. The van der Waals surface area contributed by atoms with Gasteiger partial charge in [0.05, 0.1) is 11.9 Å². The van der Waals surface area contributed by atoms with E-state index in [0.29, 0.717) is 11.6 Å². The van der Waals surface area contributed by atoms with Gasteiger partial charge in [0.2, 0.25) is 15.9 Å². The molecule has 0 aliphatic heterocycles. The van der Waals surface area contributed by atoms with Crippen molar-refractivity contribution in [3.63, 3.8) is 0 Å². The molecule has 1 aromatic rings. The fourth-order valence-corrected chi connectivity index (χ4v) is 3.24. The number of hydrogen-bond donors (Lipinski definition) is 1. The van der Waals surface area contributed by atoms with Gasteiger partial charge in [0.15, 0.2) is 0 Å². The molecule has 0 spiro atoms. The van der Waals surface area contributed by atoms with E-state index in [-0.39, 0.29) is 18.5 Å². The maximum absolute atomic E-state index is 12.1. The minimum absolute atomic E-state index is 0.0391. The highest BCUT2D eigenvalue weighted by Gasteiger charge is 2.21. The lowest BCUT2D eigenvalue weighted by atomic mass is 10.0. The third kappa shape index (κ3) is 6.22. The average Bonchev–Trinajstić information content (AvgIpc) is 2.44. The van der Waals surface area contributed by atoms with Crippen LogP contribution in [0.15, 0.2) is 24.3 Å². The first-order valence-electron chi connectivity index (χ1n) is 8.02. The molecule has 0 bridgehead atoms. The van der Waals surface area contributed by atoms with E-state index >= 15 is 0 Å². The van der Waals surface area contributed by atoms with Crippen LogP contribution in [-0.4, -0.2) is 33.2 Å². The summed E-state index contributed by atoms with van der Waals surface area (Å²) in [5.74, 6) is 0.0817. The van der Waals surface area contributed by atoms with Gasteiger partial charge < -0.3 is 5.32 Å². The van der Waals surface area contributed by atoms with Gasteiger partial charge in [0.25, 0.3) is 0 Å². The number of carbonyl (C=O) groups excluding carboxylic acids is 1. The Morgan fingerprint density at radius 1 is 1.17 bits per heavy atom. The standard InChI is InChI=1S/C17H28N2O3S/c1-6-7-14(4)18-17(20)12-19(23(5,21)22)16-10-8-15(9-11-16)13(2)3/h8-11,13-14H,6-7,12H2,1-5H3,(H,18,20). The van der Waals surface area contributed by atoms with E-state index in [1.165, 1.54) is 0 Å². The highest BCUT2D eigenvalue weighted by Crippen LogP contribution is 2.21. The number of amides is 1. The second kappa shape index (κ2) is 8.34. The van der Waals surface area contributed by atoms with Crippen molar-refractivity contribution in [1.82, 2.24) is 5.32 Å². The Balaban J connectivity index is 2.91. The van der Waals surface area contributed by atoms with Crippen LogP contribution in [0.3, 0.4) is 0 Å². The van der Waals surface area contributed by atoms with Crippen molar-refractivity contribution < 1.29 is 13.2 Å². The fourth-order valence-electron chi connectivity index (χ4n) is 2.38. The zero-order valence-electron chi connectivity index (χ0n) is 14.7. The first-order chi connectivity index (χ1) is 10.6. The molecule has 0 aliphatic rings. The number of sulfonamides is 1. The number of nitrogens with zero attached hydrogens (tertiary/aromatic N) is 1. The van der Waals surface area contributed by atoms with Crippen molar-refractivity contribution in [3.8, 4) is 0 Å². The van der Waals surface area contributed by atoms with Gasteiger partial charge in [-0.05, 0) is 37.0 Å². The van der Waals surface area contributed by atoms with Crippen LogP contribution in [0.2, 0.25) is 0 Å². The predicted molar refractivity (Wildman–Crippen MR) is 95.2 cm³/mol. The summed E-state index contributed by atoms with van der Waals surface area (Å²) < 4.78 is 25.2. The Morgan fingerprint density at radius 2 is 1.74 bits per heavy atom. The minimum Gasteiger partial charge on any atom is -0.352 e. The van der Waals surface area contributed by atoms with Crippen molar-refractivity contribution >= 4 is 21.6 Å². The van der Waals surface area contributed by atoms with E-state index in [1.807, 2.05) is 26.0 Å². The SMILES string of the molecule is CCCC(C)NC(=O)CN(c1ccc(C(C)C)cc1)S(C)(=O)=O. The Bertz CT molecular complexity index is 609. The first kappa shape index (κ1) is 19.5. The van der Waals surface area contributed by atoms with Crippen LogP contribution in [0, 0.1) is 0 Å². The molecule has 0 fully saturated rings. The van der Waals surface area contributed by atoms with Gasteiger partial charge in [-0.25, -0.2) is 8.42 Å². The zero-order valence-corrected chi connectivity index (χ0v) is 15.5. The summed E-state index contributed by atoms with van der Waals surface area (Å²) in [6, 6.07) is 7.33. The Kier molecular flexibility index (Phi) is 7.06. The Labute approximate surface area is 140 Å². The second-order valence-corrected chi connectivity index (χ2v) is 8.18. The molecule has 0 aromatic heterocycles.